The van der Waals surface area contributed by atoms with Crippen LogP contribution < -0.4 is 10.2 Å². The van der Waals surface area contributed by atoms with E-state index in [0.717, 1.165) is 19.5 Å². The third kappa shape index (κ3) is 11.1. The summed E-state index contributed by atoms with van der Waals surface area (Å²) in [6.45, 7) is 3.87. The van der Waals surface area contributed by atoms with Gasteiger partial charge in [0.2, 0.25) is 17.5 Å². The largest absolute Gasteiger partial charge is 0.366 e. The summed E-state index contributed by atoms with van der Waals surface area (Å²) in [6, 6.07) is 0. The van der Waals surface area contributed by atoms with Crippen LogP contribution in [0.2, 0.25) is 0 Å². The lowest BCUT2D eigenvalue weighted by Crippen LogP contribution is -2.26. The molecular weight excluding hydrogens is 799 g/mol. The fourth-order valence-corrected chi connectivity index (χ4v) is 5.89. The topological polar surface area (TPSA) is 44.7 Å². The second kappa shape index (κ2) is 21.9. The molecule has 3 aromatic carbocycles. The zero-order valence-corrected chi connectivity index (χ0v) is 30.5. The Hall–Kier alpha value is -4.45. The highest BCUT2D eigenvalue weighted by atomic mass is 19.2. The molecule has 0 saturated heterocycles. The number of amidine groups is 1. The van der Waals surface area contributed by atoms with Crippen molar-refractivity contribution >= 4 is 28.7 Å². The van der Waals surface area contributed by atoms with Gasteiger partial charge in [-0.15, -0.1) is 0 Å². The van der Waals surface area contributed by atoms with Gasteiger partial charge in [-0.3, -0.25) is 14.7 Å². The van der Waals surface area contributed by atoms with Crippen LogP contribution in [0.4, 0.5) is 82.9 Å². The van der Waals surface area contributed by atoms with Crippen LogP contribution in [-0.4, -0.2) is 24.7 Å². The minimum atomic E-state index is -3.12. The fourth-order valence-electron chi connectivity index (χ4n) is 5.89. The molecule has 316 valence electrons. The Morgan fingerprint density at radius 3 is 0.965 bits per heavy atom. The van der Waals surface area contributed by atoms with Gasteiger partial charge in [-0.25, -0.2) is 65.9 Å². The van der Waals surface area contributed by atoms with E-state index in [1.807, 2.05) is 0 Å². The lowest BCUT2D eigenvalue weighted by Gasteiger charge is -2.28. The van der Waals surface area contributed by atoms with Gasteiger partial charge in [0, 0.05) is 13.0 Å². The number of ketones is 1. The number of aliphatic imine (C=N–C) groups is 1. The van der Waals surface area contributed by atoms with E-state index in [2.05, 4.69) is 17.2 Å². The van der Waals surface area contributed by atoms with E-state index in [0.29, 0.717) is 12.3 Å². The molecule has 1 heterocycles. The molecule has 4 nitrogen and oxygen atoms in total. The SMILES string of the molecule is CCCCCCCCCCCCCCCCC(=O)C1=NCCN1.Fc1c(F)c(F)c(N(c2c(F)c(F)c(F)c(F)c2F)c2c(F)c(F)c(F)c(F)c2F)c(F)c1F. The summed E-state index contributed by atoms with van der Waals surface area (Å²) < 4.78 is 208. The number of nitrogens with one attached hydrogen (secondary N) is 1. The summed E-state index contributed by atoms with van der Waals surface area (Å²) in [4.78, 5) is 14.4. The molecule has 0 saturated carbocycles. The van der Waals surface area contributed by atoms with Crippen LogP contribution in [0, 0.1) is 87.3 Å². The molecule has 3 aromatic rings. The standard InChI is InChI=1S/C20H38N2O.C18F15N/c1-2-3-4-5-6-7-8-9-10-11-12-13-14-15-16-19(23)20-21-17-18-22-20;19-1-4(22)10(28)16(11(29)5(1)23)34(17-12(30)6(24)2(20)7(25)13(17)31)18-14(32)8(26)3(21)9(27)15(18)33/h2-18H2,1H3,(H,21,22);. The maximum atomic E-state index is 14.3. The first kappa shape index (κ1) is 46.9. The third-order valence-electron chi connectivity index (χ3n) is 8.93. The number of unbranched alkanes of at least 4 members (excludes halogenated alkanes) is 13. The van der Waals surface area contributed by atoms with Crippen molar-refractivity contribution < 1.29 is 70.7 Å². The molecule has 0 bridgehead atoms. The Kier molecular flexibility index (Phi) is 18.0. The summed E-state index contributed by atoms with van der Waals surface area (Å²) in [5.41, 5.74) is -8.53. The van der Waals surface area contributed by atoms with E-state index in [4.69, 9.17) is 0 Å². The highest BCUT2D eigenvalue weighted by molar-refractivity contribution is 6.39. The maximum Gasteiger partial charge on any atom is 0.200 e. The van der Waals surface area contributed by atoms with E-state index < -0.39 is 109 Å². The summed E-state index contributed by atoms with van der Waals surface area (Å²) in [5, 5.41) is 3.06. The van der Waals surface area contributed by atoms with Gasteiger partial charge < -0.3 is 5.32 Å². The van der Waals surface area contributed by atoms with Gasteiger partial charge in [0.15, 0.2) is 81.4 Å². The number of anilines is 3. The van der Waals surface area contributed by atoms with Gasteiger partial charge in [0.25, 0.3) is 0 Å². The quantitative estimate of drug-likeness (QED) is 0.0566. The van der Waals surface area contributed by atoms with Crippen LogP contribution >= 0.6 is 0 Å². The Morgan fingerprint density at radius 2 is 0.702 bits per heavy atom. The Labute approximate surface area is 318 Å². The molecule has 4 rings (SSSR count). The summed E-state index contributed by atoms with van der Waals surface area (Å²) >= 11 is 0. The third-order valence-corrected chi connectivity index (χ3v) is 8.93. The van der Waals surface area contributed by atoms with Gasteiger partial charge in [-0.05, 0) is 6.42 Å². The molecule has 1 N–H and O–H groups in total. The van der Waals surface area contributed by atoms with Crippen molar-refractivity contribution in [1.29, 1.82) is 0 Å². The van der Waals surface area contributed by atoms with Crippen molar-refractivity contribution in [3.63, 3.8) is 0 Å². The lowest BCUT2D eigenvalue weighted by molar-refractivity contribution is -0.113. The molecule has 57 heavy (non-hydrogen) atoms. The number of halogens is 15. The highest BCUT2D eigenvalue weighted by Crippen LogP contribution is 2.46. The molecule has 0 spiro atoms. The Morgan fingerprint density at radius 1 is 0.439 bits per heavy atom. The molecule has 1 aliphatic heterocycles. The Balaban J connectivity index is 0.000000331. The molecule has 0 atom stereocenters. The molecular formula is C38H38F15N3O. The van der Waals surface area contributed by atoms with E-state index in [1.54, 1.807) is 0 Å². The van der Waals surface area contributed by atoms with Crippen LogP contribution in [-0.2, 0) is 4.79 Å². The molecule has 0 amide bonds. The van der Waals surface area contributed by atoms with Crippen molar-refractivity contribution in [2.75, 3.05) is 18.0 Å². The molecule has 1 aliphatic rings. The first-order valence-electron chi connectivity index (χ1n) is 18.2. The second-order valence-corrected chi connectivity index (χ2v) is 13.0. The number of rotatable bonds is 19. The highest BCUT2D eigenvalue weighted by Gasteiger charge is 2.41. The van der Waals surface area contributed by atoms with Crippen molar-refractivity contribution in [2.45, 2.75) is 103 Å². The van der Waals surface area contributed by atoms with Crippen molar-refractivity contribution in [2.24, 2.45) is 4.99 Å². The lowest BCUT2D eigenvalue weighted by atomic mass is 10.0. The van der Waals surface area contributed by atoms with Gasteiger partial charge in [-0.2, -0.15) is 0 Å². The number of Topliss-reactive ketones (excluding diaryl/α,β-unsaturated/α-hetero) is 1. The maximum absolute atomic E-state index is 14.3. The molecule has 19 heteroatoms. The minimum absolute atomic E-state index is 0.210. The van der Waals surface area contributed by atoms with Crippen LogP contribution in [0.1, 0.15) is 103 Å². The van der Waals surface area contributed by atoms with E-state index in [9.17, 15) is 70.7 Å². The zero-order chi connectivity index (χ0) is 42.6. The second-order valence-electron chi connectivity index (χ2n) is 13.0. The first-order chi connectivity index (χ1) is 27.0. The van der Waals surface area contributed by atoms with E-state index in [1.165, 1.54) is 83.5 Å². The summed E-state index contributed by atoms with van der Waals surface area (Å²) in [6.07, 6.45) is 19.6. The molecule has 0 unspecified atom stereocenters. The molecule has 0 radical (unpaired) electrons. The zero-order valence-electron chi connectivity index (χ0n) is 30.5. The number of nitrogens with zero attached hydrogens (tertiary/aromatic N) is 2. The first-order valence-corrected chi connectivity index (χ1v) is 18.2. The van der Waals surface area contributed by atoms with Crippen LogP contribution in [0.3, 0.4) is 0 Å². The number of carbonyl (C=O) groups excluding carboxylic acids is 1. The van der Waals surface area contributed by atoms with Gasteiger partial charge in [0.1, 0.15) is 17.1 Å². The van der Waals surface area contributed by atoms with E-state index >= 15 is 0 Å². The smallest absolute Gasteiger partial charge is 0.200 e. The van der Waals surface area contributed by atoms with Crippen LogP contribution in [0.25, 0.3) is 0 Å². The predicted molar refractivity (Wildman–Crippen MR) is 181 cm³/mol. The fraction of sp³-hybridized carbons (Fsp3) is 0.474. The summed E-state index contributed by atoms with van der Waals surface area (Å²) in [5.74, 6) is -45.2. The monoisotopic (exact) mass is 837 g/mol. The normalized spacial score (nSPS) is 12.4. The number of benzene rings is 3. The number of hydrogen-bond acceptors (Lipinski definition) is 4. The summed E-state index contributed by atoms with van der Waals surface area (Å²) in [7, 11) is 0. The predicted octanol–water partition coefficient (Wildman–Crippen LogP) is 12.7. The van der Waals surface area contributed by atoms with Crippen LogP contribution in [0.5, 0.6) is 0 Å². The Bertz CT molecular complexity index is 1670. The van der Waals surface area contributed by atoms with Crippen molar-refractivity contribution in [1.82, 2.24) is 5.32 Å². The number of carbonyl (C=O) groups is 1. The molecule has 0 aliphatic carbocycles. The molecule has 0 aromatic heterocycles. The molecule has 0 fully saturated rings. The van der Waals surface area contributed by atoms with Gasteiger partial charge >= 0.3 is 0 Å². The van der Waals surface area contributed by atoms with Gasteiger partial charge in [-0.1, -0.05) is 90.4 Å². The average molecular weight is 838 g/mol. The van der Waals surface area contributed by atoms with Crippen molar-refractivity contribution in [3.8, 4) is 0 Å². The van der Waals surface area contributed by atoms with Gasteiger partial charge in [0.05, 0.1) is 6.54 Å². The van der Waals surface area contributed by atoms with E-state index in [-0.39, 0.29) is 5.78 Å². The van der Waals surface area contributed by atoms with Crippen LogP contribution in [0.15, 0.2) is 4.99 Å². The number of hydrogen-bond donors (Lipinski definition) is 1. The minimum Gasteiger partial charge on any atom is -0.366 e. The average Bonchev–Trinajstić information content (AvgIpc) is 3.75. The van der Waals surface area contributed by atoms with Crippen molar-refractivity contribution in [3.05, 3.63) is 87.3 Å².